The zero-order valence-electron chi connectivity index (χ0n) is 14.0. The number of furan rings is 2. The van der Waals surface area contributed by atoms with Crippen LogP contribution in [0, 0.1) is 0 Å². The summed E-state index contributed by atoms with van der Waals surface area (Å²) in [4.78, 5) is 12.5. The number of ether oxygens (including phenoxy) is 2. The van der Waals surface area contributed by atoms with E-state index < -0.39 is 0 Å². The first-order valence-corrected chi connectivity index (χ1v) is 7.79. The standard InChI is InChI=1S/C19H19NO5/c1-22-14-9-13(10-15(11-14)23-2)19(21)20-12-16(17-5-3-7-24-17)18-6-4-8-25-18/h3-11,16H,12H2,1-2H3,(H,20,21). The summed E-state index contributed by atoms with van der Waals surface area (Å²) in [5.74, 6) is 2.11. The molecule has 25 heavy (non-hydrogen) atoms. The van der Waals surface area contributed by atoms with Crippen molar-refractivity contribution in [3.8, 4) is 11.5 Å². The van der Waals surface area contributed by atoms with E-state index in [4.69, 9.17) is 18.3 Å². The Kier molecular flexibility index (Phi) is 5.09. The minimum atomic E-state index is -0.236. The minimum Gasteiger partial charge on any atom is -0.497 e. The molecule has 0 spiro atoms. The highest BCUT2D eigenvalue weighted by Crippen LogP contribution is 2.26. The quantitative estimate of drug-likeness (QED) is 0.712. The van der Waals surface area contributed by atoms with Crippen molar-refractivity contribution in [2.75, 3.05) is 20.8 Å². The van der Waals surface area contributed by atoms with Gasteiger partial charge in [0.2, 0.25) is 0 Å². The molecule has 0 saturated carbocycles. The lowest BCUT2D eigenvalue weighted by Gasteiger charge is -2.14. The van der Waals surface area contributed by atoms with Crippen LogP contribution in [0.15, 0.2) is 63.8 Å². The summed E-state index contributed by atoms with van der Waals surface area (Å²) < 4.78 is 21.4. The number of hydrogen-bond donors (Lipinski definition) is 1. The maximum Gasteiger partial charge on any atom is 0.251 e. The first-order chi connectivity index (χ1) is 12.2. The molecular weight excluding hydrogens is 322 g/mol. The maximum atomic E-state index is 12.5. The van der Waals surface area contributed by atoms with E-state index in [1.165, 1.54) is 0 Å². The molecule has 0 aliphatic heterocycles. The molecule has 0 aliphatic rings. The Balaban J connectivity index is 1.76. The van der Waals surface area contributed by atoms with Crippen molar-refractivity contribution in [1.82, 2.24) is 5.32 Å². The van der Waals surface area contributed by atoms with Crippen molar-refractivity contribution in [2.24, 2.45) is 0 Å². The highest BCUT2D eigenvalue weighted by Gasteiger charge is 2.21. The lowest BCUT2D eigenvalue weighted by atomic mass is 10.0. The van der Waals surface area contributed by atoms with Gasteiger partial charge in [0.1, 0.15) is 23.0 Å². The van der Waals surface area contributed by atoms with E-state index in [0.29, 0.717) is 23.6 Å². The summed E-state index contributed by atoms with van der Waals surface area (Å²) in [6, 6.07) is 12.4. The minimum absolute atomic E-state index is 0.207. The Morgan fingerprint density at radius 3 is 2.00 bits per heavy atom. The molecule has 1 amide bonds. The van der Waals surface area contributed by atoms with E-state index in [0.717, 1.165) is 11.5 Å². The lowest BCUT2D eigenvalue weighted by molar-refractivity contribution is 0.0950. The molecule has 2 aromatic heterocycles. The summed E-state index contributed by atoms with van der Waals surface area (Å²) in [7, 11) is 3.08. The van der Waals surface area contributed by atoms with Crippen molar-refractivity contribution in [2.45, 2.75) is 5.92 Å². The van der Waals surface area contributed by atoms with Gasteiger partial charge in [0.05, 0.1) is 32.7 Å². The van der Waals surface area contributed by atoms with Crippen molar-refractivity contribution >= 4 is 5.91 Å². The van der Waals surface area contributed by atoms with Crippen LogP contribution in [-0.2, 0) is 0 Å². The summed E-state index contributed by atoms with van der Waals surface area (Å²) >= 11 is 0. The lowest BCUT2D eigenvalue weighted by Crippen LogP contribution is -2.28. The zero-order chi connectivity index (χ0) is 17.6. The van der Waals surface area contributed by atoms with Gasteiger partial charge in [0.25, 0.3) is 5.91 Å². The fourth-order valence-corrected chi connectivity index (χ4v) is 2.56. The van der Waals surface area contributed by atoms with Crippen molar-refractivity contribution in [3.63, 3.8) is 0 Å². The molecule has 6 nitrogen and oxygen atoms in total. The Hall–Kier alpha value is -3.15. The molecule has 6 heteroatoms. The maximum absolute atomic E-state index is 12.5. The van der Waals surface area contributed by atoms with E-state index in [-0.39, 0.29) is 11.8 Å². The predicted molar refractivity (Wildman–Crippen MR) is 91.1 cm³/mol. The van der Waals surface area contributed by atoms with Crippen molar-refractivity contribution < 1.29 is 23.1 Å². The number of rotatable bonds is 7. The van der Waals surface area contributed by atoms with E-state index in [2.05, 4.69) is 5.32 Å². The normalized spacial score (nSPS) is 10.7. The molecule has 2 heterocycles. The Morgan fingerprint density at radius 2 is 1.56 bits per heavy atom. The van der Waals surface area contributed by atoms with Crippen molar-refractivity contribution in [3.05, 3.63) is 72.1 Å². The second-order valence-corrected chi connectivity index (χ2v) is 5.39. The highest BCUT2D eigenvalue weighted by molar-refractivity contribution is 5.95. The third kappa shape index (κ3) is 3.85. The molecular formula is C19H19NO5. The van der Waals surface area contributed by atoms with Gasteiger partial charge in [-0.05, 0) is 36.4 Å². The second-order valence-electron chi connectivity index (χ2n) is 5.39. The fraction of sp³-hybridized carbons (Fsp3) is 0.211. The molecule has 0 bridgehead atoms. The predicted octanol–water partition coefficient (Wildman–Crippen LogP) is 3.45. The molecule has 0 atom stereocenters. The summed E-state index contributed by atoms with van der Waals surface area (Å²) in [6.45, 7) is 0.333. The van der Waals surface area contributed by atoms with Gasteiger partial charge < -0.3 is 23.6 Å². The van der Waals surface area contributed by atoms with Gasteiger partial charge in [-0.2, -0.15) is 0 Å². The number of methoxy groups -OCH3 is 2. The smallest absolute Gasteiger partial charge is 0.251 e. The van der Waals surface area contributed by atoms with Gasteiger partial charge in [-0.1, -0.05) is 0 Å². The van der Waals surface area contributed by atoms with Gasteiger partial charge in [-0.25, -0.2) is 0 Å². The van der Waals surface area contributed by atoms with Crippen LogP contribution in [0.25, 0.3) is 0 Å². The molecule has 0 unspecified atom stereocenters. The molecule has 1 N–H and O–H groups in total. The molecule has 3 aromatic rings. The number of benzene rings is 1. The van der Waals surface area contributed by atoms with E-state index in [1.807, 2.05) is 12.1 Å². The van der Waals surface area contributed by atoms with Crippen LogP contribution in [0.2, 0.25) is 0 Å². The van der Waals surface area contributed by atoms with Crippen LogP contribution < -0.4 is 14.8 Å². The third-order valence-corrected chi connectivity index (χ3v) is 3.85. The SMILES string of the molecule is COc1cc(OC)cc(C(=O)NCC(c2ccco2)c2ccco2)c1. The number of hydrogen-bond acceptors (Lipinski definition) is 5. The van der Waals surface area contributed by atoms with Gasteiger partial charge >= 0.3 is 0 Å². The largest absolute Gasteiger partial charge is 0.497 e. The zero-order valence-corrected chi connectivity index (χ0v) is 14.0. The second kappa shape index (κ2) is 7.61. The first-order valence-electron chi connectivity index (χ1n) is 7.79. The third-order valence-electron chi connectivity index (χ3n) is 3.85. The van der Waals surface area contributed by atoms with Gasteiger partial charge in [0, 0.05) is 18.2 Å². The van der Waals surface area contributed by atoms with Gasteiger partial charge in [-0.3, -0.25) is 4.79 Å². The molecule has 130 valence electrons. The van der Waals surface area contributed by atoms with E-state index >= 15 is 0 Å². The Labute approximate surface area is 145 Å². The summed E-state index contributed by atoms with van der Waals surface area (Å²) in [6.07, 6.45) is 3.19. The van der Waals surface area contributed by atoms with Crippen LogP contribution in [0.5, 0.6) is 11.5 Å². The Morgan fingerprint density at radius 1 is 1.00 bits per heavy atom. The first kappa shape index (κ1) is 16.7. The molecule has 1 aromatic carbocycles. The molecule has 0 saturated heterocycles. The van der Waals surface area contributed by atoms with Crippen LogP contribution >= 0.6 is 0 Å². The van der Waals surface area contributed by atoms with E-state index in [1.54, 1.807) is 57.1 Å². The highest BCUT2D eigenvalue weighted by atomic mass is 16.5. The molecule has 0 radical (unpaired) electrons. The van der Waals surface area contributed by atoms with Gasteiger partial charge in [-0.15, -0.1) is 0 Å². The summed E-state index contributed by atoms with van der Waals surface area (Å²) in [5, 5.41) is 2.91. The number of nitrogens with one attached hydrogen (secondary N) is 1. The topological polar surface area (TPSA) is 73.8 Å². The van der Waals surface area contributed by atoms with Crippen LogP contribution in [-0.4, -0.2) is 26.7 Å². The number of carbonyl (C=O) groups is 1. The van der Waals surface area contributed by atoms with Crippen LogP contribution in [0.4, 0.5) is 0 Å². The van der Waals surface area contributed by atoms with E-state index in [9.17, 15) is 4.79 Å². The monoisotopic (exact) mass is 341 g/mol. The summed E-state index contributed by atoms with van der Waals surface area (Å²) in [5.41, 5.74) is 0.453. The number of amides is 1. The number of carbonyl (C=O) groups excluding carboxylic acids is 1. The molecule has 0 fully saturated rings. The average Bonchev–Trinajstić information content (AvgIpc) is 3.35. The van der Waals surface area contributed by atoms with Gasteiger partial charge in [0.15, 0.2) is 0 Å². The Bertz CT molecular complexity index is 752. The van der Waals surface area contributed by atoms with Crippen molar-refractivity contribution in [1.29, 1.82) is 0 Å². The van der Waals surface area contributed by atoms with Crippen LogP contribution in [0.1, 0.15) is 27.8 Å². The van der Waals surface area contributed by atoms with Crippen LogP contribution in [0.3, 0.4) is 0 Å². The molecule has 3 rings (SSSR count). The average molecular weight is 341 g/mol. The fourth-order valence-electron chi connectivity index (χ4n) is 2.56. The molecule has 0 aliphatic carbocycles.